The van der Waals surface area contributed by atoms with E-state index in [1.807, 2.05) is 25.1 Å². The van der Waals surface area contributed by atoms with Gasteiger partial charge in [0, 0.05) is 30.5 Å². The Labute approximate surface area is 220 Å². The summed E-state index contributed by atoms with van der Waals surface area (Å²) in [5.41, 5.74) is 1.37. The van der Waals surface area contributed by atoms with E-state index in [0.29, 0.717) is 22.8 Å². The van der Waals surface area contributed by atoms with E-state index in [9.17, 15) is 9.59 Å². The molecule has 1 unspecified atom stereocenters. The Morgan fingerprint density at radius 3 is 2.42 bits per heavy atom. The molecule has 194 valence electrons. The van der Waals surface area contributed by atoms with Crippen molar-refractivity contribution in [2.24, 2.45) is 5.92 Å². The number of piperidine rings is 3. The van der Waals surface area contributed by atoms with Crippen molar-refractivity contribution < 1.29 is 31.2 Å². The van der Waals surface area contributed by atoms with E-state index in [1.165, 1.54) is 19.2 Å². The standard InChI is InChI=1S/C28H36N4O3.ClH/c1-21-17-25(30-20-29-21)31-26(33)19-32-15-11-22(12-16-32)24(18-32)35-27(34)28(13-7-2-3-8-14-28)23-9-5-4-6-10-23;/h4-6,9-10,17,20,22,24H,2-3,7-8,11-16,18-19H2,1H3;1H. The molecular weight excluding hydrogens is 476 g/mol. The number of halogens is 1. The Bertz CT molecular complexity index is 1050. The second-order valence-electron chi connectivity index (χ2n) is 10.9. The van der Waals surface area contributed by atoms with Crippen molar-refractivity contribution in [2.45, 2.75) is 69.8 Å². The molecule has 8 heteroatoms. The molecule has 1 atom stereocenters. The van der Waals surface area contributed by atoms with E-state index in [0.717, 1.165) is 69.4 Å². The zero-order chi connectivity index (χ0) is 24.3. The maximum absolute atomic E-state index is 13.9. The van der Waals surface area contributed by atoms with E-state index < -0.39 is 5.41 Å². The maximum atomic E-state index is 13.9. The summed E-state index contributed by atoms with van der Waals surface area (Å²) < 4.78 is 7.10. The van der Waals surface area contributed by atoms with Crippen molar-refractivity contribution in [3.63, 3.8) is 0 Å². The van der Waals surface area contributed by atoms with Gasteiger partial charge in [0.25, 0.3) is 5.91 Å². The van der Waals surface area contributed by atoms with Gasteiger partial charge in [-0.25, -0.2) is 9.97 Å². The van der Waals surface area contributed by atoms with Crippen LogP contribution in [0.15, 0.2) is 42.7 Å². The third-order valence-corrected chi connectivity index (χ3v) is 8.52. The number of amides is 1. The summed E-state index contributed by atoms with van der Waals surface area (Å²) >= 11 is 0. The molecule has 3 aliphatic heterocycles. The molecule has 4 fully saturated rings. The number of carbonyl (C=O) groups excluding carboxylic acids is 2. The first-order valence-electron chi connectivity index (χ1n) is 13.2. The number of anilines is 1. The zero-order valence-electron chi connectivity index (χ0n) is 21.1. The fourth-order valence-corrected chi connectivity index (χ4v) is 6.54. The lowest BCUT2D eigenvalue weighted by atomic mass is 9.74. The van der Waals surface area contributed by atoms with Crippen molar-refractivity contribution in [1.29, 1.82) is 0 Å². The van der Waals surface area contributed by atoms with Gasteiger partial charge >= 0.3 is 5.97 Å². The lowest BCUT2D eigenvalue weighted by Gasteiger charge is -2.52. The monoisotopic (exact) mass is 512 g/mol. The predicted molar refractivity (Wildman–Crippen MR) is 134 cm³/mol. The van der Waals surface area contributed by atoms with Crippen LogP contribution in [0.3, 0.4) is 0 Å². The number of rotatable bonds is 6. The Hall–Kier alpha value is -2.51. The number of hydrogen-bond donors (Lipinski definition) is 1. The summed E-state index contributed by atoms with van der Waals surface area (Å²) in [7, 11) is 0. The zero-order valence-corrected chi connectivity index (χ0v) is 21.9. The molecule has 36 heavy (non-hydrogen) atoms. The normalized spacial score (nSPS) is 26.8. The number of carbonyl (C=O) groups is 2. The van der Waals surface area contributed by atoms with Gasteiger partial charge in [-0.05, 0) is 25.3 Å². The average molecular weight is 513 g/mol. The molecule has 4 heterocycles. The smallest absolute Gasteiger partial charge is 0.317 e. The molecule has 0 radical (unpaired) electrons. The molecule has 7 nitrogen and oxygen atoms in total. The molecule has 4 aliphatic rings. The maximum Gasteiger partial charge on any atom is 0.317 e. The molecule has 1 amide bonds. The summed E-state index contributed by atoms with van der Waals surface area (Å²) in [6, 6.07) is 12.0. The fraction of sp³-hybridized carbons (Fsp3) is 0.571. The number of aryl methyl sites for hydroxylation is 1. The quantitative estimate of drug-likeness (QED) is 0.357. The van der Waals surface area contributed by atoms with Crippen molar-refractivity contribution >= 4 is 17.7 Å². The predicted octanol–water partition coefficient (Wildman–Crippen LogP) is 1.17. The Kier molecular flexibility index (Phi) is 8.30. The molecule has 6 rings (SSSR count). The van der Waals surface area contributed by atoms with Crippen LogP contribution in [0, 0.1) is 12.8 Å². The molecule has 1 aromatic heterocycles. The van der Waals surface area contributed by atoms with Crippen LogP contribution in [0.2, 0.25) is 0 Å². The van der Waals surface area contributed by atoms with Crippen LogP contribution in [-0.4, -0.2) is 58.6 Å². The van der Waals surface area contributed by atoms with Crippen molar-refractivity contribution in [2.75, 3.05) is 31.5 Å². The molecule has 3 saturated heterocycles. The summed E-state index contributed by atoms with van der Waals surface area (Å²) in [5.74, 6) is 0.834. The van der Waals surface area contributed by atoms with Gasteiger partial charge in [0.1, 0.15) is 18.7 Å². The highest BCUT2D eigenvalue weighted by Gasteiger charge is 2.51. The first kappa shape index (κ1) is 26.6. The number of ether oxygens (including phenoxy) is 1. The number of nitrogens with one attached hydrogen (secondary N) is 1. The minimum atomic E-state index is -0.545. The number of fused-ring (bicyclic) bond motifs is 3. The molecule has 2 aromatic rings. The first-order chi connectivity index (χ1) is 17.0. The second kappa shape index (κ2) is 11.3. The number of nitrogens with zero attached hydrogens (tertiary/aromatic N) is 3. The highest BCUT2D eigenvalue weighted by molar-refractivity contribution is 5.90. The molecule has 1 saturated carbocycles. The third-order valence-electron chi connectivity index (χ3n) is 8.52. The fourth-order valence-electron chi connectivity index (χ4n) is 6.54. The summed E-state index contributed by atoms with van der Waals surface area (Å²) in [6.07, 6.45) is 9.51. The van der Waals surface area contributed by atoms with Gasteiger partial charge < -0.3 is 26.9 Å². The Morgan fingerprint density at radius 2 is 1.75 bits per heavy atom. The average Bonchev–Trinajstić information content (AvgIpc) is 3.12. The van der Waals surface area contributed by atoms with Crippen LogP contribution in [0.1, 0.15) is 62.6 Å². The number of hydrogen-bond acceptors (Lipinski definition) is 5. The van der Waals surface area contributed by atoms with Crippen LogP contribution in [0.5, 0.6) is 0 Å². The van der Waals surface area contributed by atoms with E-state index in [2.05, 4.69) is 27.4 Å². The second-order valence-corrected chi connectivity index (χ2v) is 10.9. The number of quaternary nitrogens is 1. The molecular formula is C28H37ClN4O3. The highest BCUT2D eigenvalue weighted by atomic mass is 35.5. The Balaban J connectivity index is 0.00000304. The third kappa shape index (κ3) is 5.57. The number of aromatic nitrogens is 2. The lowest BCUT2D eigenvalue weighted by molar-refractivity contribution is -0.939. The van der Waals surface area contributed by atoms with Crippen molar-refractivity contribution in [1.82, 2.24) is 9.97 Å². The van der Waals surface area contributed by atoms with Crippen molar-refractivity contribution in [3.05, 3.63) is 54.0 Å². The van der Waals surface area contributed by atoms with Crippen LogP contribution in [0.4, 0.5) is 5.82 Å². The van der Waals surface area contributed by atoms with Gasteiger partial charge in [0.2, 0.25) is 0 Å². The van der Waals surface area contributed by atoms with Gasteiger partial charge in [0.05, 0.1) is 18.5 Å². The minimum Gasteiger partial charge on any atom is -1.00 e. The largest absolute Gasteiger partial charge is 1.00 e. The summed E-state index contributed by atoms with van der Waals surface area (Å²) in [5, 5.41) is 2.93. The molecule has 1 N–H and O–H groups in total. The Morgan fingerprint density at radius 1 is 1.06 bits per heavy atom. The molecule has 1 aromatic carbocycles. The highest BCUT2D eigenvalue weighted by Crippen LogP contribution is 2.42. The molecule has 2 bridgehead atoms. The lowest BCUT2D eigenvalue weighted by Crippen LogP contribution is -3.00. The van der Waals surface area contributed by atoms with E-state index in [-0.39, 0.29) is 30.4 Å². The molecule has 0 spiro atoms. The van der Waals surface area contributed by atoms with E-state index >= 15 is 0 Å². The van der Waals surface area contributed by atoms with Gasteiger partial charge in [-0.2, -0.15) is 0 Å². The van der Waals surface area contributed by atoms with Crippen LogP contribution in [-0.2, 0) is 19.7 Å². The van der Waals surface area contributed by atoms with Crippen LogP contribution >= 0.6 is 0 Å². The van der Waals surface area contributed by atoms with Gasteiger partial charge in [-0.1, -0.05) is 56.0 Å². The van der Waals surface area contributed by atoms with Crippen LogP contribution < -0.4 is 17.7 Å². The summed E-state index contributed by atoms with van der Waals surface area (Å²) in [6.45, 7) is 4.90. The minimum absolute atomic E-state index is 0. The summed E-state index contributed by atoms with van der Waals surface area (Å²) in [4.78, 5) is 35.1. The SMILES string of the molecule is Cc1cc(NC(=O)C[N+]23CCC(CC2)C(OC(=O)C2(c4ccccc4)CCCCCC2)C3)ncn1.[Cl-]. The van der Waals surface area contributed by atoms with E-state index in [1.54, 1.807) is 6.07 Å². The van der Waals surface area contributed by atoms with Gasteiger partial charge in [-0.3, -0.25) is 9.59 Å². The van der Waals surface area contributed by atoms with E-state index in [4.69, 9.17) is 4.74 Å². The first-order valence-corrected chi connectivity index (χ1v) is 13.2. The number of esters is 1. The van der Waals surface area contributed by atoms with Crippen molar-refractivity contribution in [3.8, 4) is 0 Å². The number of benzene rings is 1. The topological polar surface area (TPSA) is 81.2 Å². The van der Waals surface area contributed by atoms with Gasteiger partial charge in [-0.15, -0.1) is 0 Å². The van der Waals surface area contributed by atoms with Crippen LogP contribution in [0.25, 0.3) is 0 Å². The van der Waals surface area contributed by atoms with Gasteiger partial charge in [0.15, 0.2) is 12.6 Å². The molecule has 1 aliphatic carbocycles.